The molecule has 0 atom stereocenters. The van der Waals surface area contributed by atoms with E-state index in [1.54, 1.807) is 10.9 Å². The minimum Gasteiger partial charge on any atom is -0.490 e. The molecule has 1 heterocycles. The molecule has 66 valence electrons. The Kier molecular flexibility index (Phi) is 2.91. The maximum Gasteiger partial charge on any atom is 0.157 e. The summed E-state index contributed by atoms with van der Waals surface area (Å²) >= 11 is 0. The lowest BCUT2D eigenvalue weighted by atomic mass is 10.3. The first kappa shape index (κ1) is 8.84. The van der Waals surface area contributed by atoms with Gasteiger partial charge in [0.05, 0.1) is 19.0 Å². The van der Waals surface area contributed by atoms with E-state index in [9.17, 15) is 0 Å². The van der Waals surface area contributed by atoms with Crippen molar-refractivity contribution < 1.29 is 4.74 Å². The second kappa shape index (κ2) is 3.95. The van der Waals surface area contributed by atoms with Gasteiger partial charge in [0, 0.05) is 13.5 Å². The Morgan fingerprint density at radius 1 is 1.75 bits per heavy atom. The molecule has 3 nitrogen and oxygen atoms in total. The fourth-order valence-corrected chi connectivity index (χ4v) is 0.816. The average molecular weight is 166 g/mol. The number of nitrogens with zero attached hydrogens (tertiary/aromatic N) is 2. The summed E-state index contributed by atoms with van der Waals surface area (Å²) in [6.07, 6.45) is 4.45. The highest BCUT2D eigenvalue weighted by Crippen LogP contribution is 2.08. The van der Waals surface area contributed by atoms with Gasteiger partial charge in [-0.1, -0.05) is 5.57 Å². The largest absolute Gasteiger partial charge is 0.490 e. The van der Waals surface area contributed by atoms with Crippen LogP contribution in [-0.4, -0.2) is 16.4 Å². The summed E-state index contributed by atoms with van der Waals surface area (Å²) in [5, 5.41) is 3.98. The van der Waals surface area contributed by atoms with Crippen LogP contribution in [0.15, 0.2) is 24.5 Å². The lowest BCUT2D eigenvalue weighted by molar-refractivity contribution is 0.321. The zero-order valence-corrected chi connectivity index (χ0v) is 7.58. The van der Waals surface area contributed by atoms with Gasteiger partial charge in [-0.05, 0) is 6.92 Å². The maximum absolute atomic E-state index is 5.39. The molecule has 3 heteroatoms. The molecule has 0 aliphatic heterocycles. The van der Waals surface area contributed by atoms with Gasteiger partial charge in [-0.3, -0.25) is 4.68 Å². The Hall–Kier alpha value is -1.25. The Balaban J connectivity index is 2.29. The van der Waals surface area contributed by atoms with Crippen LogP contribution in [0.1, 0.15) is 13.3 Å². The van der Waals surface area contributed by atoms with E-state index in [0.717, 1.165) is 17.7 Å². The van der Waals surface area contributed by atoms with E-state index < -0.39 is 0 Å². The summed E-state index contributed by atoms with van der Waals surface area (Å²) in [7, 11) is 1.87. The van der Waals surface area contributed by atoms with Crippen molar-refractivity contribution in [1.29, 1.82) is 0 Å². The molecule has 1 aromatic heterocycles. The summed E-state index contributed by atoms with van der Waals surface area (Å²) in [5.41, 5.74) is 1.14. The molecule has 0 bridgehead atoms. The molecule has 0 spiro atoms. The second-order valence-corrected chi connectivity index (χ2v) is 2.91. The first-order valence-corrected chi connectivity index (χ1v) is 3.94. The number of aryl methyl sites for hydroxylation is 1. The topological polar surface area (TPSA) is 27.1 Å². The third-order valence-electron chi connectivity index (χ3n) is 1.48. The molecule has 0 aromatic carbocycles. The number of hydrogen-bond donors (Lipinski definition) is 0. The van der Waals surface area contributed by atoms with Gasteiger partial charge in [-0.25, -0.2) is 0 Å². The van der Waals surface area contributed by atoms with Gasteiger partial charge in [0.15, 0.2) is 5.75 Å². The highest BCUT2D eigenvalue weighted by molar-refractivity contribution is 5.11. The molecule has 0 fully saturated rings. The molecule has 0 aliphatic rings. The van der Waals surface area contributed by atoms with Crippen molar-refractivity contribution in [3.8, 4) is 5.75 Å². The van der Waals surface area contributed by atoms with Gasteiger partial charge in [-0.15, -0.1) is 6.58 Å². The van der Waals surface area contributed by atoms with Gasteiger partial charge in [-0.2, -0.15) is 5.10 Å². The zero-order valence-electron chi connectivity index (χ0n) is 7.58. The first-order chi connectivity index (χ1) is 5.68. The fraction of sp³-hybridized carbons (Fsp3) is 0.444. The first-order valence-electron chi connectivity index (χ1n) is 3.94. The van der Waals surface area contributed by atoms with Crippen molar-refractivity contribution in [2.45, 2.75) is 13.3 Å². The number of ether oxygens (including phenoxy) is 1. The lowest BCUT2D eigenvalue weighted by Gasteiger charge is -2.01. The number of aromatic nitrogens is 2. The van der Waals surface area contributed by atoms with E-state index >= 15 is 0 Å². The van der Waals surface area contributed by atoms with Gasteiger partial charge in [0.25, 0.3) is 0 Å². The number of rotatable bonds is 4. The van der Waals surface area contributed by atoms with Crippen molar-refractivity contribution in [2.24, 2.45) is 7.05 Å². The third-order valence-corrected chi connectivity index (χ3v) is 1.48. The predicted molar refractivity (Wildman–Crippen MR) is 48.1 cm³/mol. The Labute approximate surface area is 72.7 Å². The van der Waals surface area contributed by atoms with Crippen LogP contribution >= 0.6 is 0 Å². The molecule has 0 amide bonds. The van der Waals surface area contributed by atoms with Gasteiger partial charge < -0.3 is 4.74 Å². The smallest absolute Gasteiger partial charge is 0.157 e. The van der Waals surface area contributed by atoms with Crippen LogP contribution in [0.2, 0.25) is 0 Å². The van der Waals surface area contributed by atoms with Crippen LogP contribution in [0.5, 0.6) is 5.75 Å². The molecule has 0 radical (unpaired) electrons. The van der Waals surface area contributed by atoms with Crippen LogP contribution < -0.4 is 4.74 Å². The monoisotopic (exact) mass is 166 g/mol. The van der Waals surface area contributed by atoms with Gasteiger partial charge >= 0.3 is 0 Å². The van der Waals surface area contributed by atoms with Crippen LogP contribution in [-0.2, 0) is 7.05 Å². The van der Waals surface area contributed by atoms with Crippen molar-refractivity contribution in [2.75, 3.05) is 6.61 Å². The summed E-state index contributed by atoms with van der Waals surface area (Å²) in [4.78, 5) is 0. The van der Waals surface area contributed by atoms with Crippen LogP contribution in [0.3, 0.4) is 0 Å². The Morgan fingerprint density at radius 3 is 3.00 bits per heavy atom. The van der Waals surface area contributed by atoms with Crippen LogP contribution in [0.4, 0.5) is 0 Å². The molecule has 0 N–H and O–H groups in total. The highest BCUT2D eigenvalue weighted by Gasteiger charge is 1.95. The fourth-order valence-electron chi connectivity index (χ4n) is 0.816. The Bertz CT molecular complexity index is 265. The quantitative estimate of drug-likeness (QED) is 0.637. The van der Waals surface area contributed by atoms with E-state index in [1.165, 1.54) is 0 Å². The average Bonchev–Trinajstić information content (AvgIpc) is 2.35. The molecule has 0 aliphatic carbocycles. The normalized spacial score (nSPS) is 9.83. The van der Waals surface area contributed by atoms with Crippen LogP contribution in [0, 0.1) is 0 Å². The van der Waals surface area contributed by atoms with E-state index in [-0.39, 0.29) is 0 Å². The molecule has 0 saturated carbocycles. The van der Waals surface area contributed by atoms with Gasteiger partial charge in [0.1, 0.15) is 0 Å². The van der Waals surface area contributed by atoms with E-state index in [2.05, 4.69) is 11.7 Å². The van der Waals surface area contributed by atoms with Crippen molar-refractivity contribution in [1.82, 2.24) is 9.78 Å². The lowest BCUT2D eigenvalue weighted by Crippen LogP contribution is -1.96. The molecule has 1 rings (SSSR count). The summed E-state index contributed by atoms with van der Waals surface area (Å²) in [6.45, 7) is 6.46. The van der Waals surface area contributed by atoms with Crippen molar-refractivity contribution in [3.05, 3.63) is 24.5 Å². The standard InChI is InChI=1S/C9H14N2O/c1-8(2)4-5-12-9-6-10-11(3)7-9/h6-7H,1,4-5H2,2-3H3. The minimum absolute atomic E-state index is 0.682. The molecule has 12 heavy (non-hydrogen) atoms. The van der Waals surface area contributed by atoms with E-state index in [0.29, 0.717) is 6.61 Å². The maximum atomic E-state index is 5.39. The summed E-state index contributed by atoms with van der Waals surface area (Å²) < 4.78 is 7.11. The van der Waals surface area contributed by atoms with Gasteiger partial charge in [0.2, 0.25) is 0 Å². The minimum atomic E-state index is 0.682. The van der Waals surface area contributed by atoms with Crippen LogP contribution in [0.25, 0.3) is 0 Å². The number of hydrogen-bond acceptors (Lipinski definition) is 2. The van der Waals surface area contributed by atoms with E-state index in [4.69, 9.17) is 4.74 Å². The summed E-state index contributed by atoms with van der Waals surface area (Å²) in [5.74, 6) is 0.818. The third kappa shape index (κ3) is 2.78. The second-order valence-electron chi connectivity index (χ2n) is 2.91. The van der Waals surface area contributed by atoms with Crippen molar-refractivity contribution >= 4 is 0 Å². The van der Waals surface area contributed by atoms with Crippen molar-refractivity contribution in [3.63, 3.8) is 0 Å². The molecule has 0 saturated heterocycles. The van der Waals surface area contributed by atoms with E-state index in [1.807, 2.05) is 20.2 Å². The molecular formula is C9H14N2O. The Morgan fingerprint density at radius 2 is 2.50 bits per heavy atom. The molecular weight excluding hydrogens is 152 g/mol. The zero-order chi connectivity index (χ0) is 8.97. The SMILES string of the molecule is C=C(C)CCOc1cnn(C)c1. The highest BCUT2D eigenvalue weighted by atomic mass is 16.5. The molecule has 1 aromatic rings. The summed E-state index contributed by atoms with van der Waals surface area (Å²) in [6, 6.07) is 0. The predicted octanol–water partition coefficient (Wildman–Crippen LogP) is 1.77. The molecule has 0 unspecified atom stereocenters.